The molecule has 0 saturated heterocycles. The van der Waals surface area contributed by atoms with Crippen LogP contribution in [0.25, 0.3) is 0 Å². The lowest BCUT2D eigenvalue weighted by atomic mass is 10.1. The fourth-order valence-corrected chi connectivity index (χ4v) is 4.27. The molecule has 0 fully saturated rings. The van der Waals surface area contributed by atoms with E-state index in [1.165, 1.54) is 14.2 Å². The number of ether oxygens (including phenoxy) is 3. The Morgan fingerprint density at radius 3 is 2.17 bits per heavy atom. The molecule has 0 bridgehead atoms. The molecular weight excluding hydrogens is 408 g/mol. The SMILES string of the molecule is CCOc1ccc(N([C@H](CC)C(=O)Nc2ccc(OC)c(OC)c2)S(C)(=O)=O)cc1. The zero-order valence-corrected chi connectivity index (χ0v) is 18.7. The predicted octanol–water partition coefficient (Wildman–Crippen LogP) is 3.29. The van der Waals surface area contributed by atoms with Crippen LogP contribution >= 0.6 is 0 Å². The van der Waals surface area contributed by atoms with Gasteiger partial charge in [0, 0.05) is 11.8 Å². The lowest BCUT2D eigenvalue weighted by Gasteiger charge is -2.30. The number of methoxy groups -OCH3 is 2. The molecule has 2 aromatic rings. The minimum Gasteiger partial charge on any atom is -0.494 e. The van der Waals surface area contributed by atoms with Gasteiger partial charge in [0.2, 0.25) is 15.9 Å². The molecule has 1 N–H and O–H groups in total. The molecule has 0 aliphatic carbocycles. The molecule has 2 rings (SSSR count). The first-order valence-electron chi connectivity index (χ1n) is 9.50. The fourth-order valence-electron chi connectivity index (χ4n) is 3.06. The molecule has 0 aliphatic rings. The number of anilines is 2. The maximum atomic E-state index is 13.0. The number of hydrogen-bond donors (Lipinski definition) is 1. The summed E-state index contributed by atoms with van der Waals surface area (Å²) in [6.45, 7) is 4.12. The molecule has 30 heavy (non-hydrogen) atoms. The molecular formula is C21H28N2O6S. The standard InChI is InChI=1S/C21H28N2O6S/c1-6-18(21(24)22-15-8-13-19(27-3)20(14-15)28-4)23(30(5,25)26)16-9-11-17(12-10-16)29-7-2/h8-14,18H,6-7H2,1-5H3,(H,22,24)/t18-/m1/s1. The first kappa shape index (κ1) is 23.3. The molecule has 2 aromatic carbocycles. The number of nitrogens with one attached hydrogen (secondary N) is 1. The number of hydrogen-bond acceptors (Lipinski definition) is 6. The highest BCUT2D eigenvalue weighted by molar-refractivity contribution is 7.92. The molecule has 0 aliphatic heterocycles. The van der Waals surface area contributed by atoms with Crippen LogP contribution < -0.4 is 23.8 Å². The van der Waals surface area contributed by atoms with Crippen molar-refractivity contribution in [2.45, 2.75) is 26.3 Å². The number of nitrogens with zero attached hydrogens (tertiary/aromatic N) is 1. The molecule has 1 amide bonds. The second-order valence-corrected chi connectivity index (χ2v) is 8.33. The Balaban J connectivity index is 2.34. The van der Waals surface area contributed by atoms with E-state index in [0.717, 1.165) is 10.6 Å². The second-order valence-electron chi connectivity index (χ2n) is 6.47. The number of rotatable bonds is 10. The van der Waals surface area contributed by atoms with Crippen LogP contribution in [0.15, 0.2) is 42.5 Å². The fraction of sp³-hybridized carbons (Fsp3) is 0.381. The van der Waals surface area contributed by atoms with Crippen molar-refractivity contribution in [1.82, 2.24) is 0 Å². The molecule has 9 heteroatoms. The third kappa shape index (κ3) is 5.56. The third-order valence-corrected chi connectivity index (χ3v) is 5.56. The van der Waals surface area contributed by atoms with Gasteiger partial charge in [0.15, 0.2) is 11.5 Å². The van der Waals surface area contributed by atoms with E-state index in [9.17, 15) is 13.2 Å². The Bertz CT molecular complexity index is 960. The summed E-state index contributed by atoms with van der Waals surface area (Å²) in [5.41, 5.74) is 0.853. The number of amides is 1. The highest BCUT2D eigenvalue weighted by Gasteiger charge is 2.31. The zero-order chi connectivity index (χ0) is 22.3. The van der Waals surface area contributed by atoms with Gasteiger partial charge in [0.25, 0.3) is 0 Å². The summed E-state index contributed by atoms with van der Waals surface area (Å²) in [6, 6.07) is 10.6. The minimum atomic E-state index is -3.73. The lowest BCUT2D eigenvalue weighted by molar-refractivity contribution is -0.117. The number of carbonyl (C=O) groups is 1. The quantitative estimate of drug-likeness (QED) is 0.614. The van der Waals surface area contributed by atoms with Crippen LogP contribution in [0.1, 0.15) is 20.3 Å². The van der Waals surface area contributed by atoms with Crippen LogP contribution in [-0.2, 0) is 14.8 Å². The van der Waals surface area contributed by atoms with Gasteiger partial charge in [-0.2, -0.15) is 0 Å². The summed E-state index contributed by atoms with van der Waals surface area (Å²) >= 11 is 0. The van der Waals surface area contributed by atoms with Crippen molar-refractivity contribution in [3.63, 3.8) is 0 Å². The molecule has 0 heterocycles. The van der Waals surface area contributed by atoms with Gasteiger partial charge in [0.05, 0.1) is 32.8 Å². The Hall–Kier alpha value is -2.94. The Morgan fingerprint density at radius 2 is 1.67 bits per heavy atom. The van der Waals surface area contributed by atoms with E-state index in [-0.39, 0.29) is 6.42 Å². The first-order valence-corrected chi connectivity index (χ1v) is 11.3. The predicted molar refractivity (Wildman–Crippen MR) is 117 cm³/mol. The summed E-state index contributed by atoms with van der Waals surface area (Å²) < 4.78 is 42.1. The Labute approximate surface area is 177 Å². The highest BCUT2D eigenvalue weighted by Crippen LogP contribution is 2.30. The largest absolute Gasteiger partial charge is 0.494 e. The molecule has 0 saturated carbocycles. The lowest BCUT2D eigenvalue weighted by Crippen LogP contribution is -2.47. The number of carbonyl (C=O) groups excluding carboxylic acids is 1. The van der Waals surface area contributed by atoms with E-state index in [1.807, 2.05) is 6.92 Å². The van der Waals surface area contributed by atoms with Crippen molar-refractivity contribution in [2.24, 2.45) is 0 Å². The van der Waals surface area contributed by atoms with E-state index in [0.29, 0.717) is 35.2 Å². The van der Waals surface area contributed by atoms with Gasteiger partial charge in [-0.1, -0.05) is 6.92 Å². The summed E-state index contributed by atoms with van der Waals surface area (Å²) in [4.78, 5) is 13.0. The van der Waals surface area contributed by atoms with E-state index >= 15 is 0 Å². The van der Waals surface area contributed by atoms with Crippen LogP contribution in [0, 0.1) is 0 Å². The van der Waals surface area contributed by atoms with Gasteiger partial charge in [-0.05, 0) is 49.7 Å². The molecule has 8 nitrogen and oxygen atoms in total. The van der Waals surface area contributed by atoms with Gasteiger partial charge in [0.1, 0.15) is 11.8 Å². The van der Waals surface area contributed by atoms with Crippen molar-refractivity contribution in [2.75, 3.05) is 36.7 Å². The van der Waals surface area contributed by atoms with Crippen molar-refractivity contribution >= 4 is 27.3 Å². The van der Waals surface area contributed by atoms with Gasteiger partial charge < -0.3 is 19.5 Å². The van der Waals surface area contributed by atoms with Gasteiger partial charge in [-0.25, -0.2) is 8.42 Å². The maximum absolute atomic E-state index is 13.0. The zero-order valence-electron chi connectivity index (χ0n) is 17.8. The third-order valence-electron chi connectivity index (χ3n) is 4.38. The molecule has 0 spiro atoms. The van der Waals surface area contributed by atoms with Gasteiger partial charge >= 0.3 is 0 Å². The van der Waals surface area contributed by atoms with Crippen molar-refractivity contribution in [3.8, 4) is 17.2 Å². The highest BCUT2D eigenvalue weighted by atomic mass is 32.2. The average Bonchev–Trinajstić information content (AvgIpc) is 2.71. The molecule has 0 unspecified atom stereocenters. The molecule has 0 aromatic heterocycles. The van der Waals surface area contributed by atoms with Crippen LogP contribution in [0.2, 0.25) is 0 Å². The van der Waals surface area contributed by atoms with Crippen LogP contribution in [0.5, 0.6) is 17.2 Å². The monoisotopic (exact) mass is 436 g/mol. The van der Waals surface area contributed by atoms with Crippen LogP contribution in [0.4, 0.5) is 11.4 Å². The second kappa shape index (κ2) is 10.2. The number of sulfonamides is 1. The molecule has 164 valence electrons. The molecule has 0 radical (unpaired) electrons. The first-order chi connectivity index (χ1) is 14.2. The number of benzene rings is 2. The van der Waals surface area contributed by atoms with Crippen LogP contribution in [0.3, 0.4) is 0 Å². The van der Waals surface area contributed by atoms with E-state index in [2.05, 4.69) is 5.32 Å². The van der Waals surface area contributed by atoms with Crippen LogP contribution in [-0.4, -0.2) is 47.4 Å². The Morgan fingerprint density at radius 1 is 1.03 bits per heavy atom. The normalized spacial score (nSPS) is 12.0. The smallest absolute Gasteiger partial charge is 0.248 e. The summed E-state index contributed by atoms with van der Waals surface area (Å²) in [5, 5.41) is 2.77. The summed E-state index contributed by atoms with van der Waals surface area (Å²) in [6.07, 6.45) is 1.36. The maximum Gasteiger partial charge on any atom is 0.248 e. The minimum absolute atomic E-state index is 0.277. The van der Waals surface area contributed by atoms with Crippen molar-refractivity contribution in [1.29, 1.82) is 0 Å². The van der Waals surface area contributed by atoms with Gasteiger partial charge in [-0.15, -0.1) is 0 Å². The Kier molecular flexibility index (Phi) is 7.93. The van der Waals surface area contributed by atoms with E-state index in [1.54, 1.807) is 49.4 Å². The van der Waals surface area contributed by atoms with E-state index < -0.39 is 22.0 Å². The summed E-state index contributed by atoms with van der Waals surface area (Å²) in [5.74, 6) is 1.14. The summed E-state index contributed by atoms with van der Waals surface area (Å²) in [7, 11) is -0.715. The molecule has 1 atom stereocenters. The topological polar surface area (TPSA) is 94.2 Å². The van der Waals surface area contributed by atoms with Crippen molar-refractivity contribution in [3.05, 3.63) is 42.5 Å². The van der Waals surface area contributed by atoms with Crippen molar-refractivity contribution < 1.29 is 27.4 Å². The van der Waals surface area contributed by atoms with Gasteiger partial charge in [-0.3, -0.25) is 9.10 Å². The average molecular weight is 437 g/mol. The van der Waals surface area contributed by atoms with E-state index in [4.69, 9.17) is 14.2 Å².